The summed E-state index contributed by atoms with van der Waals surface area (Å²) >= 11 is 6.43. The number of aryl methyl sites for hydroxylation is 1. The van der Waals surface area contributed by atoms with E-state index in [2.05, 4.69) is 38.9 Å². The lowest BCUT2D eigenvalue weighted by Gasteiger charge is -2.47. The van der Waals surface area contributed by atoms with Crippen molar-refractivity contribution in [1.29, 1.82) is 0 Å². The van der Waals surface area contributed by atoms with E-state index in [9.17, 15) is 14.1 Å². The molecule has 8 nitrogen and oxygen atoms in total. The number of allylic oxidation sites excluding steroid dienone is 1. The summed E-state index contributed by atoms with van der Waals surface area (Å²) in [4.78, 5) is 15.7. The van der Waals surface area contributed by atoms with Gasteiger partial charge in [0, 0.05) is 41.7 Å². The molecule has 1 aromatic heterocycles. The van der Waals surface area contributed by atoms with E-state index in [1.807, 2.05) is 56.3 Å². The van der Waals surface area contributed by atoms with E-state index in [0.29, 0.717) is 43.1 Å². The fourth-order valence-corrected chi connectivity index (χ4v) is 8.34. The van der Waals surface area contributed by atoms with Crippen LogP contribution >= 0.6 is 11.6 Å². The van der Waals surface area contributed by atoms with Crippen LogP contribution in [0, 0.1) is 17.8 Å². The highest BCUT2D eigenvalue weighted by molar-refractivity contribution is 7.84. The monoisotopic (exact) mass is 662 g/mol. The summed E-state index contributed by atoms with van der Waals surface area (Å²) in [5.41, 5.74) is 2.92. The van der Waals surface area contributed by atoms with Gasteiger partial charge in [-0.15, -0.1) is 0 Å². The van der Waals surface area contributed by atoms with Crippen molar-refractivity contribution >= 4 is 34.2 Å². The number of anilines is 1. The first-order valence-corrected chi connectivity index (χ1v) is 18.0. The molecule has 2 bridgehead atoms. The van der Waals surface area contributed by atoms with E-state index in [1.54, 1.807) is 12.3 Å². The van der Waals surface area contributed by atoms with Crippen molar-refractivity contribution in [1.82, 2.24) is 14.9 Å². The smallest absolute Gasteiger partial charge is 0.263 e. The predicted octanol–water partition coefficient (Wildman–Crippen LogP) is 6.36. The number of rotatable bonds is 4. The molecule has 1 fully saturated rings. The number of hydrogen-bond acceptors (Lipinski definition) is 7. The molecule has 1 amide bonds. The summed E-state index contributed by atoms with van der Waals surface area (Å²) in [7, 11) is -1.60. The van der Waals surface area contributed by atoms with Gasteiger partial charge in [-0.2, -0.15) is 10.2 Å². The van der Waals surface area contributed by atoms with Crippen molar-refractivity contribution in [2.75, 3.05) is 24.6 Å². The Bertz CT molecular complexity index is 1620. The topological polar surface area (TPSA) is 105 Å². The Morgan fingerprint density at radius 2 is 2.00 bits per heavy atom. The third-order valence-corrected chi connectivity index (χ3v) is 11.9. The van der Waals surface area contributed by atoms with Crippen molar-refractivity contribution in [3.05, 3.63) is 94.3 Å². The van der Waals surface area contributed by atoms with Gasteiger partial charge in [0.1, 0.15) is 22.3 Å². The van der Waals surface area contributed by atoms with Gasteiger partial charge in [0.2, 0.25) is 0 Å². The van der Waals surface area contributed by atoms with Gasteiger partial charge in [-0.3, -0.25) is 9.52 Å². The Hall–Kier alpha value is -3.27. The number of hydrogen-bond donors (Lipinski definition) is 2. The van der Waals surface area contributed by atoms with Gasteiger partial charge >= 0.3 is 0 Å². The summed E-state index contributed by atoms with van der Waals surface area (Å²) < 4.78 is 22.5. The van der Waals surface area contributed by atoms with Crippen molar-refractivity contribution in [2.45, 2.75) is 69.6 Å². The van der Waals surface area contributed by atoms with Crippen LogP contribution in [0.4, 0.5) is 5.69 Å². The molecule has 3 heterocycles. The molecule has 3 aliphatic rings. The van der Waals surface area contributed by atoms with Crippen LogP contribution in [0.25, 0.3) is 0 Å². The summed E-state index contributed by atoms with van der Waals surface area (Å²) in [6.07, 6.45) is 9.77. The van der Waals surface area contributed by atoms with Gasteiger partial charge in [0.05, 0.1) is 23.2 Å². The average molecular weight is 663 g/mol. The highest BCUT2D eigenvalue weighted by atomic mass is 35.5. The first-order chi connectivity index (χ1) is 22.2. The summed E-state index contributed by atoms with van der Waals surface area (Å²) in [5.74, 6) is 0.448. The fraction of sp³-hybridized carbons (Fsp3) is 0.472. The molecule has 1 saturated carbocycles. The maximum absolute atomic E-state index is 13.4. The van der Waals surface area contributed by atoms with Crippen LogP contribution in [0.3, 0.4) is 0 Å². The highest BCUT2D eigenvalue weighted by Gasteiger charge is 2.48. The van der Waals surface area contributed by atoms with Crippen LogP contribution in [0.2, 0.25) is 5.02 Å². The molecule has 7 atom stereocenters. The van der Waals surface area contributed by atoms with E-state index in [1.165, 1.54) is 11.1 Å². The summed E-state index contributed by atoms with van der Waals surface area (Å²) in [6.45, 7) is 7.86. The number of fused-ring (bicyclic) bond motifs is 2. The number of carbonyl (C=O) groups excluding carboxylic acids is 1. The minimum Gasteiger partial charge on any atom is -0.491 e. The quantitative estimate of drug-likeness (QED) is 0.314. The fourth-order valence-electron chi connectivity index (χ4n) is 7.13. The van der Waals surface area contributed by atoms with E-state index in [0.717, 1.165) is 36.4 Å². The number of nitrogens with one attached hydrogen (secondary N) is 1. The first kappa shape index (κ1) is 32.7. The second kappa shape index (κ2) is 13.8. The average Bonchev–Trinajstić information content (AvgIpc) is 3.21. The SMILES string of the molecule is CCCc1cc(Cl)ccc1C1COc2ccc3cc2N(C1)CC1CCC1[C@](O)(c1cccnn1)/C=C/CC(C)C(C)S(=O)NC3=O. The maximum atomic E-state index is 13.4. The van der Waals surface area contributed by atoms with E-state index in [4.69, 9.17) is 16.3 Å². The van der Waals surface area contributed by atoms with Crippen LogP contribution in [0.5, 0.6) is 5.75 Å². The van der Waals surface area contributed by atoms with E-state index < -0.39 is 16.6 Å². The number of halogens is 1. The van der Waals surface area contributed by atoms with Crippen molar-refractivity contribution in [2.24, 2.45) is 17.8 Å². The molecule has 3 aromatic rings. The third kappa shape index (κ3) is 6.60. The van der Waals surface area contributed by atoms with Gasteiger partial charge in [0.15, 0.2) is 0 Å². The lowest BCUT2D eigenvalue weighted by atomic mass is 9.63. The predicted molar refractivity (Wildman–Crippen MR) is 182 cm³/mol. The standard InChI is InChI=1S/C36H43ClN4O4S/c1-4-7-25-18-29(37)12-13-30(25)28-21-41-20-27-10-14-31(27)36(43,34-9-6-17-38-39-34)16-5-8-23(2)24(3)46(44)40-35(42)26-11-15-33(45-22-28)32(41)19-26/h5-6,9,11-13,15-19,23-24,27-28,31,43H,4,7-8,10,14,20-22H2,1-3H3,(H,40,42)/b16-5+/t23?,24?,27?,28?,31?,36-,46?/m0/s1. The number of aromatic nitrogens is 2. The van der Waals surface area contributed by atoms with Gasteiger partial charge in [-0.25, -0.2) is 4.21 Å². The van der Waals surface area contributed by atoms with E-state index >= 15 is 0 Å². The molecule has 6 rings (SSSR count). The van der Waals surface area contributed by atoms with Crippen molar-refractivity contribution in [3.8, 4) is 5.75 Å². The van der Waals surface area contributed by atoms with Crippen LogP contribution in [0.1, 0.15) is 79.6 Å². The number of amides is 1. The molecule has 46 heavy (non-hydrogen) atoms. The third-order valence-electron chi connectivity index (χ3n) is 10.1. The Kier molecular flexibility index (Phi) is 9.83. The molecule has 0 radical (unpaired) electrons. The Morgan fingerprint density at radius 1 is 1.15 bits per heavy atom. The number of nitrogens with zero attached hydrogens (tertiary/aromatic N) is 3. The Labute approximate surface area is 279 Å². The zero-order chi connectivity index (χ0) is 32.4. The minimum atomic E-state index is -1.60. The zero-order valence-electron chi connectivity index (χ0n) is 26.7. The number of ether oxygens (including phenoxy) is 1. The molecule has 2 aromatic carbocycles. The number of aliphatic hydroxyl groups is 1. The molecular formula is C36H43ClN4O4S. The number of benzene rings is 2. The second-order valence-corrected chi connectivity index (χ2v) is 15.1. The summed E-state index contributed by atoms with van der Waals surface area (Å²) in [6, 6.07) is 15.2. The molecule has 0 saturated heterocycles. The Morgan fingerprint density at radius 3 is 2.74 bits per heavy atom. The maximum Gasteiger partial charge on any atom is 0.263 e. The molecule has 6 unspecified atom stereocenters. The van der Waals surface area contributed by atoms with Crippen LogP contribution in [0.15, 0.2) is 66.9 Å². The molecule has 2 aliphatic heterocycles. The van der Waals surface area contributed by atoms with Crippen LogP contribution in [-0.2, 0) is 23.0 Å². The Balaban J connectivity index is 1.43. The second-order valence-electron chi connectivity index (χ2n) is 13.1. The molecule has 2 N–H and O–H groups in total. The molecule has 1 aliphatic carbocycles. The van der Waals surface area contributed by atoms with Gasteiger partial charge in [-0.05, 0) is 98.0 Å². The van der Waals surface area contributed by atoms with Crippen LogP contribution < -0.4 is 14.4 Å². The van der Waals surface area contributed by atoms with Crippen molar-refractivity contribution < 1.29 is 18.8 Å². The highest BCUT2D eigenvalue weighted by Crippen LogP contribution is 2.49. The number of carbonyl (C=O) groups is 1. The lowest BCUT2D eigenvalue weighted by molar-refractivity contribution is -0.0533. The normalized spacial score (nSPS) is 30.6. The lowest BCUT2D eigenvalue weighted by Crippen LogP contribution is -2.49. The summed E-state index contributed by atoms with van der Waals surface area (Å²) in [5, 5.41) is 21.3. The largest absolute Gasteiger partial charge is 0.491 e. The first-order valence-electron chi connectivity index (χ1n) is 16.4. The minimum absolute atomic E-state index is 0.00748. The molecule has 0 spiro atoms. The zero-order valence-corrected chi connectivity index (χ0v) is 28.3. The van der Waals surface area contributed by atoms with E-state index in [-0.39, 0.29) is 34.8 Å². The van der Waals surface area contributed by atoms with Crippen molar-refractivity contribution in [3.63, 3.8) is 0 Å². The molecular weight excluding hydrogens is 620 g/mol. The van der Waals surface area contributed by atoms with Gasteiger partial charge < -0.3 is 14.7 Å². The van der Waals surface area contributed by atoms with Gasteiger partial charge in [-0.1, -0.05) is 50.1 Å². The van der Waals surface area contributed by atoms with Gasteiger partial charge in [0.25, 0.3) is 5.91 Å². The van der Waals surface area contributed by atoms with Crippen LogP contribution in [-0.4, -0.2) is 50.4 Å². The molecule has 244 valence electrons. The molecule has 10 heteroatoms.